The van der Waals surface area contributed by atoms with E-state index < -0.39 is 18.5 Å². The molecular weight excluding hydrogens is 360 g/mol. The van der Waals surface area contributed by atoms with Crippen LogP contribution in [-0.2, 0) is 14.3 Å². The van der Waals surface area contributed by atoms with Crippen molar-refractivity contribution in [1.82, 2.24) is 19.8 Å². The standard InChI is InChI=1S/C20H26N4O4/c1-6-24(7-2)18(25)11-23(5)19(26)12-28-20(27)15-8-9-16-17(10-15)22-14(4)13(3)21-16/h8-10H,6-7,11-12H2,1-5H3. The van der Waals surface area contributed by atoms with E-state index in [1.54, 1.807) is 23.1 Å². The number of benzene rings is 1. The Labute approximate surface area is 164 Å². The lowest BCUT2D eigenvalue weighted by Gasteiger charge is -2.23. The number of hydrogen-bond acceptors (Lipinski definition) is 6. The first-order valence-corrected chi connectivity index (χ1v) is 9.20. The number of fused-ring (bicyclic) bond motifs is 1. The highest BCUT2D eigenvalue weighted by atomic mass is 16.5. The molecule has 8 nitrogen and oxygen atoms in total. The number of rotatable bonds is 7. The minimum atomic E-state index is -0.626. The Bertz CT molecular complexity index is 893. The number of aromatic nitrogens is 2. The van der Waals surface area contributed by atoms with Crippen molar-refractivity contribution >= 4 is 28.8 Å². The van der Waals surface area contributed by atoms with E-state index in [0.717, 1.165) is 11.4 Å². The Balaban J connectivity index is 1.97. The van der Waals surface area contributed by atoms with Crippen LogP contribution in [0.1, 0.15) is 35.6 Å². The lowest BCUT2D eigenvalue weighted by Crippen LogP contribution is -2.42. The van der Waals surface area contributed by atoms with Crippen LogP contribution in [0.4, 0.5) is 0 Å². The first kappa shape index (κ1) is 21.3. The van der Waals surface area contributed by atoms with Crippen LogP contribution in [0.25, 0.3) is 11.0 Å². The summed E-state index contributed by atoms with van der Waals surface area (Å²) in [6, 6.07) is 4.88. The fraction of sp³-hybridized carbons (Fsp3) is 0.450. The van der Waals surface area contributed by atoms with E-state index in [1.165, 1.54) is 11.9 Å². The van der Waals surface area contributed by atoms with E-state index >= 15 is 0 Å². The highest BCUT2D eigenvalue weighted by Gasteiger charge is 2.18. The molecule has 0 aliphatic rings. The monoisotopic (exact) mass is 386 g/mol. The Morgan fingerprint density at radius 2 is 1.57 bits per heavy atom. The summed E-state index contributed by atoms with van der Waals surface area (Å²) < 4.78 is 5.11. The van der Waals surface area contributed by atoms with Gasteiger partial charge in [0.15, 0.2) is 6.61 Å². The van der Waals surface area contributed by atoms with Gasteiger partial charge in [0.1, 0.15) is 0 Å². The van der Waals surface area contributed by atoms with Gasteiger partial charge in [0, 0.05) is 20.1 Å². The topological polar surface area (TPSA) is 92.7 Å². The fourth-order valence-electron chi connectivity index (χ4n) is 2.65. The minimum Gasteiger partial charge on any atom is -0.452 e. The molecule has 1 aromatic heterocycles. The van der Waals surface area contributed by atoms with Crippen molar-refractivity contribution < 1.29 is 19.1 Å². The summed E-state index contributed by atoms with van der Waals surface area (Å²) in [7, 11) is 1.51. The first-order chi connectivity index (χ1) is 13.3. The van der Waals surface area contributed by atoms with Gasteiger partial charge >= 0.3 is 5.97 Å². The van der Waals surface area contributed by atoms with Crippen LogP contribution in [0.5, 0.6) is 0 Å². The molecule has 2 amide bonds. The van der Waals surface area contributed by atoms with E-state index in [0.29, 0.717) is 29.7 Å². The van der Waals surface area contributed by atoms with Crippen molar-refractivity contribution in [1.29, 1.82) is 0 Å². The fourth-order valence-corrected chi connectivity index (χ4v) is 2.65. The number of hydrogen-bond donors (Lipinski definition) is 0. The predicted molar refractivity (Wildman–Crippen MR) is 105 cm³/mol. The molecule has 0 saturated carbocycles. The summed E-state index contributed by atoms with van der Waals surface area (Å²) >= 11 is 0. The predicted octanol–water partition coefficient (Wildman–Crippen LogP) is 1.73. The van der Waals surface area contributed by atoms with Crippen LogP contribution in [0.2, 0.25) is 0 Å². The van der Waals surface area contributed by atoms with Crippen LogP contribution in [0.15, 0.2) is 18.2 Å². The van der Waals surface area contributed by atoms with E-state index in [9.17, 15) is 14.4 Å². The number of likely N-dealkylation sites (N-methyl/N-ethyl adjacent to an activating group) is 2. The van der Waals surface area contributed by atoms with E-state index in [1.807, 2.05) is 27.7 Å². The third-order valence-corrected chi connectivity index (χ3v) is 4.55. The summed E-state index contributed by atoms with van der Waals surface area (Å²) in [6.07, 6.45) is 0. The first-order valence-electron chi connectivity index (χ1n) is 9.20. The van der Waals surface area contributed by atoms with Crippen LogP contribution in [0, 0.1) is 13.8 Å². The van der Waals surface area contributed by atoms with Gasteiger partial charge in [0.05, 0.1) is 34.5 Å². The maximum Gasteiger partial charge on any atom is 0.338 e. The largest absolute Gasteiger partial charge is 0.452 e. The molecule has 0 spiro atoms. The molecule has 0 N–H and O–H groups in total. The summed E-state index contributed by atoms with van der Waals surface area (Å²) in [4.78, 5) is 48.2. The molecule has 28 heavy (non-hydrogen) atoms. The van der Waals surface area contributed by atoms with Gasteiger partial charge in [0.2, 0.25) is 5.91 Å². The molecule has 2 rings (SSSR count). The van der Waals surface area contributed by atoms with Crippen LogP contribution >= 0.6 is 0 Å². The average molecular weight is 386 g/mol. The molecule has 8 heteroatoms. The summed E-state index contributed by atoms with van der Waals surface area (Å²) in [5.74, 6) is -1.22. The zero-order valence-electron chi connectivity index (χ0n) is 17.0. The van der Waals surface area contributed by atoms with Crippen molar-refractivity contribution in [2.45, 2.75) is 27.7 Å². The van der Waals surface area contributed by atoms with Crippen LogP contribution < -0.4 is 0 Å². The molecule has 0 aliphatic carbocycles. The minimum absolute atomic E-state index is 0.0533. The SMILES string of the molecule is CCN(CC)C(=O)CN(C)C(=O)COC(=O)c1ccc2nc(C)c(C)nc2c1. The normalized spacial score (nSPS) is 10.6. The van der Waals surface area contributed by atoms with Gasteiger partial charge in [-0.05, 0) is 45.9 Å². The highest BCUT2D eigenvalue weighted by molar-refractivity contribution is 5.95. The molecule has 0 atom stereocenters. The number of esters is 1. The van der Waals surface area contributed by atoms with E-state index in [2.05, 4.69) is 9.97 Å². The second kappa shape index (κ2) is 9.25. The second-order valence-corrected chi connectivity index (χ2v) is 6.49. The molecule has 0 radical (unpaired) electrons. The lowest BCUT2D eigenvalue weighted by molar-refractivity contribution is -0.140. The quantitative estimate of drug-likeness (QED) is 0.673. The molecule has 0 saturated heterocycles. The van der Waals surface area contributed by atoms with Crippen molar-refractivity contribution in [2.75, 3.05) is 33.3 Å². The Kier molecular flexibility index (Phi) is 7.03. The summed E-state index contributed by atoms with van der Waals surface area (Å²) in [6.45, 7) is 8.15. The molecule has 0 fully saturated rings. The smallest absolute Gasteiger partial charge is 0.338 e. The van der Waals surface area contributed by atoms with Gasteiger partial charge in [-0.1, -0.05) is 0 Å². The molecular formula is C20H26N4O4. The van der Waals surface area contributed by atoms with E-state index in [-0.39, 0.29) is 12.5 Å². The average Bonchev–Trinajstić information content (AvgIpc) is 2.67. The number of nitrogens with zero attached hydrogens (tertiary/aromatic N) is 4. The second-order valence-electron chi connectivity index (χ2n) is 6.49. The molecule has 1 heterocycles. The number of ether oxygens (including phenoxy) is 1. The number of aryl methyl sites for hydroxylation is 2. The van der Waals surface area contributed by atoms with Gasteiger partial charge in [0.25, 0.3) is 5.91 Å². The zero-order valence-corrected chi connectivity index (χ0v) is 17.0. The number of carbonyl (C=O) groups excluding carboxylic acids is 3. The van der Waals surface area contributed by atoms with Crippen molar-refractivity contribution in [2.24, 2.45) is 0 Å². The number of amides is 2. The molecule has 150 valence electrons. The van der Waals surface area contributed by atoms with Gasteiger partial charge in [-0.3, -0.25) is 9.59 Å². The maximum atomic E-state index is 12.3. The number of carbonyl (C=O) groups is 3. The zero-order chi connectivity index (χ0) is 20.8. The Morgan fingerprint density at radius 3 is 2.18 bits per heavy atom. The van der Waals surface area contributed by atoms with Gasteiger partial charge in [-0.15, -0.1) is 0 Å². The van der Waals surface area contributed by atoms with Crippen LogP contribution in [-0.4, -0.2) is 70.8 Å². The van der Waals surface area contributed by atoms with Crippen molar-refractivity contribution in [3.63, 3.8) is 0 Å². The summed E-state index contributed by atoms with van der Waals surface area (Å²) in [5, 5.41) is 0. The molecule has 2 aromatic rings. The van der Waals surface area contributed by atoms with Crippen molar-refractivity contribution in [3.05, 3.63) is 35.2 Å². The van der Waals surface area contributed by atoms with E-state index in [4.69, 9.17) is 4.74 Å². The van der Waals surface area contributed by atoms with Gasteiger partial charge in [-0.25, -0.2) is 14.8 Å². The molecule has 0 unspecified atom stereocenters. The third-order valence-electron chi connectivity index (χ3n) is 4.55. The Hall–Kier alpha value is -3.03. The van der Waals surface area contributed by atoms with Crippen molar-refractivity contribution in [3.8, 4) is 0 Å². The highest BCUT2D eigenvalue weighted by Crippen LogP contribution is 2.15. The van der Waals surface area contributed by atoms with Crippen LogP contribution in [0.3, 0.4) is 0 Å². The summed E-state index contributed by atoms with van der Waals surface area (Å²) in [5.41, 5.74) is 3.18. The van der Waals surface area contributed by atoms with Gasteiger partial charge in [-0.2, -0.15) is 0 Å². The Morgan fingerprint density at radius 1 is 0.964 bits per heavy atom. The molecule has 0 bridgehead atoms. The van der Waals surface area contributed by atoms with Gasteiger partial charge < -0.3 is 14.5 Å². The lowest BCUT2D eigenvalue weighted by atomic mass is 10.2. The maximum absolute atomic E-state index is 12.3. The third kappa shape index (κ3) is 5.03. The molecule has 1 aromatic carbocycles. The molecule has 0 aliphatic heterocycles.